The molecular formula is C19H16N2O2S2. The molecule has 0 aromatic heterocycles. The summed E-state index contributed by atoms with van der Waals surface area (Å²) in [6.45, 7) is 1.88. The second-order valence-corrected chi connectivity index (χ2v) is 7.27. The van der Waals surface area contributed by atoms with E-state index >= 15 is 0 Å². The Balaban J connectivity index is 1.67. The molecule has 2 amide bonds. The van der Waals surface area contributed by atoms with E-state index in [4.69, 9.17) is 12.2 Å². The lowest BCUT2D eigenvalue weighted by Crippen LogP contribution is -2.36. The number of amides is 2. The van der Waals surface area contributed by atoms with Crippen LogP contribution in [0, 0.1) is 6.92 Å². The van der Waals surface area contributed by atoms with Crippen LogP contribution in [0.15, 0.2) is 59.5 Å². The number of carbonyl (C=O) groups excluding carboxylic acids is 2. The largest absolute Gasteiger partial charge is 0.325 e. The second kappa shape index (κ2) is 7.63. The van der Waals surface area contributed by atoms with E-state index in [0.717, 1.165) is 11.1 Å². The quantitative estimate of drug-likeness (QED) is 0.658. The highest BCUT2D eigenvalue weighted by molar-refractivity contribution is 8.26. The molecule has 0 radical (unpaired) electrons. The first kappa shape index (κ1) is 17.4. The van der Waals surface area contributed by atoms with Crippen molar-refractivity contribution in [2.24, 2.45) is 0 Å². The Bertz CT molecular complexity index is 845. The van der Waals surface area contributed by atoms with Crippen molar-refractivity contribution < 1.29 is 9.59 Å². The Morgan fingerprint density at radius 2 is 1.84 bits per heavy atom. The van der Waals surface area contributed by atoms with Gasteiger partial charge in [0.2, 0.25) is 5.91 Å². The van der Waals surface area contributed by atoms with Crippen molar-refractivity contribution in [3.63, 3.8) is 0 Å². The highest BCUT2D eigenvalue weighted by Gasteiger charge is 2.33. The third-order valence-corrected chi connectivity index (χ3v) is 4.99. The van der Waals surface area contributed by atoms with Crippen LogP contribution < -0.4 is 5.32 Å². The SMILES string of the molecule is Cc1ccc(NC(=O)CN2C(=O)/C(=C/c3ccccc3)SC2=S)cc1. The lowest BCUT2D eigenvalue weighted by Gasteiger charge is -2.14. The summed E-state index contributed by atoms with van der Waals surface area (Å²) >= 11 is 6.47. The number of nitrogens with one attached hydrogen (secondary N) is 1. The molecule has 3 rings (SSSR count). The van der Waals surface area contributed by atoms with Crippen molar-refractivity contribution >= 4 is 51.9 Å². The van der Waals surface area contributed by atoms with Crippen LogP contribution in [0.5, 0.6) is 0 Å². The van der Waals surface area contributed by atoms with E-state index in [9.17, 15) is 9.59 Å². The number of thiocarbonyl (C=S) groups is 1. The molecule has 1 N–H and O–H groups in total. The predicted molar refractivity (Wildman–Crippen MR) is 106 cm³/mol. The summed E-state index contributed by atoms with van der Waals surface area (Å²) in [5.41, 5.74) is 2.73. The molecule has 0 unspecified atom stereocenters. The van der Waals surface area contributed by atoms with E-state index in [1.807, 2.05) is 61.5 Å². The maximum absolute atomic E-state index is 12.5. The number of hydrogen-bond donors (Lipinski definition) is 1. The molecule has 1 saturated heterocycles. The van der Waals surface area contributed by atoms with Gasteiger partial charge in [0.1, 0.15) is 10.9 Å². The zero-order chi connectivity index (χ0) is 17.8. The minimum Gasteiger partial charge on any atom is -0.325 e. The zero-order valence-corrected chi connectivity index (χ0v) is 15.2. The highest BCUT2D eigenvalue weighted by Crippen LogP contribution is 2.32. The topological polar surface area (TPSA) is 49.4 Å². The van der Waals surface area contributed by atoms with Gasteiger partial charge in [-0.15, -0.1) is 0 Å². The molecule has 1 aliphatic rings. The molecule has 0 saturated carbocycles. The van der Waals surface area contributed by atoms with Crippen LogP contribution in [0.3, 0.4) is 0 Å². The molecule has 1 aliphatic heterocycles. The molecule has 0 atom stereocenters. The van der Waals surface area contributed by atoms with Gasteiger partial charge >= 0.3 is 0 Å². The van der Waals surface area contributed by atoms with Crippen LogP contribution >= 0.6 is 24.0 Å². The van der Waals surface area contributed by atoms with Gasteiger partial charge in [-0.05, 0) is 30.7 Å². The van der Waals surface area contributed by atoms with Crippen molar-refractivity contribution in [1.82, 2.24) is 4.90 Å². The van der Waals surface area contributed by atoms with Gasteiger partial charge in [-0.3, -0.25) is 14.5 Å². The van der Waals surface area contributed by atoms with Crippen LogP contribution in [0.4, 0.5) is 5.69 Å². The summed E-state index contributed by atoms with van der Waals surface area (Å²) in [5, 5.41) is 2.78. The van der Waals surface area contributed by atoms with E-state index in [2.05, 4.69) is 5.32 Å². The van der Waals surface area contributed by atoms with Crippen LogP contribution in [-0.2, 0) is 9.59 Å². The van der Waals surface area contributed by atoms with Crippen LogP contribution in [0.1, 0.15) is 11.1 Å². The first-order valence-electron chi connectivity index (χ1n) is 7.70. The van der Waals surface area contributed by atoms with Crippen LogP contribution in [0.25, 0.3) is 6.08 Å². The Hall–Kier alpha value is -2.44. The minimum absolute atomic E-state index is 0.0926. The minimum atomic E-state index is -0.277. The fraction of sp³-hybridized carbons (Fsp3) is 0.105. The van der Waals surface area contributed by atoms with Crippen LogP contribution in [0.2, 0.25) is 0 Å². The molecule has 126 valence electrons. The average molecular weight is 368 g/mol. The molecule has 6 heteroatoms. The van der Waals surface area contributed by atoms with Gasteiger partial charge in [0, 0.05) is 5.69 Å². The Morgan fingerprint density at radius 1 is 1.16 bits per heavy atom. The first-order chi connectivity index (χ1) is 12.0. The zero-order valence-electron chi connectivity index (χ0n) is 13.6. The number of aryl methyl sites for hydroxylation is 1. The number of nitrogens with zero attached hydrogens (tertiary/aromatic N) is 1. The van der Waals surface area contributed by atoms with Gasteiger partial charge in [0.25, 0.3) is 5.91 Å². The summed E-state index contributed by atoms with van der Waals surface area (Å²) in [4.78, 5) is 26.6. The molecule has 0 bridgehead atoms. The molecule has 2 aromatic rings. The third-order valence-electron chi connectivity index (χ3n) is 3.61. The van der Waals surface area contributed by atoms with Gasteiger partial charge in [-0.1, -0.05) is 72.0 Å². The van der Waals surface area contributed by atoms with Crippen molar-refractivity contribution in [2.45, 2.75) is 6.92 Å². The summed E-state index contributed by atoms with van der Waals surface area (Å²) in [5.74, 6) is -0.515. The summed E-state index contributed by atoms with van der Waals surface area (Å²) in [6.07, 6.45) is 1.79. The van der Waals surface area contributed by atoms with Gasteiger partial charge in [-0.2, -0.15) is 0 Å². The number of carbonyl (C=O) groups is 2. The summed E-state index contributed by atoms with van der Waals surface area (Å²) in [7, 11) is 0. The first-order valence-corrected chi connectivity index (χ1v) is 8.92. The van der Waals surface area contributed by atoms with E-state index in [1.54, 1.807) is 6.08 Å². The number of hydrogen-bond acceptors (Lipinski definition) is 4. The van der Waals surface area contributed by atoms with Gasteiger partial charge in [-0.25, -0.2) is 0 Å². The predicted octanol–water partition coefficient (Wildman–Crippen LogP) is 3.83. The fourth-order valence-electron chi connectivity index (χ4n) is 2.32. The third kappa shape index (κ3) is 4.35. The highest BCUT2D eigenvalue weighted by atomic mass is 32.2. The molecule has 0 aliphatic carbocycles. The fourth-order valence-corrected chi connectivity index (χ4v) is 3.57. The van der Waals surface area contributed by atoms with E-state index < -0.39 is 0 Å². The Morgan fingerprint density at radius 3 is 2.52 bits per heavy atom. The average Bonchev–Trinajstić information content (AvgIpc) is 2.85. The van der Waals surface area contributed by atoms with E-state index in [-0.39, 0.29) is 18.4 Å². The van der Waals surface area contributed by atoms with Crippen molar-refractivity contribution in [3.8, 4) is 0 Å². The smallest absolute Gasteiger partial charge is 0.266 e. The number of thioether (sulfide) groups is 1. The van der Waals surface area contributed by atoms with Crippen molar-refractivity contribution in [2.75, 3.05) is 11.9 Å². The number of rotatable bonds is 4. The van der Waals surface area contributed by atoms with Gasteiger partial charge in [0.15, 0.2) is 0 Å². The molecule has 1 heterocycles. The molecule has 2 aromatic carbocycles. The monoisotopic (exact) mass is 368 g/mol. The molecular weight excluding hydrogens is 352 g/mol. The van der Waals surface area contributed by atoms with E-state index in [0.29, 0.717) is 14.9 Å². The molecule has 4 nitrogen and oxygen atoms in total. The van der Waals surface area contributed by atoms with Gasteiger partial charge in [0.05, 0.1) is 4.91 Å². The number of anilines is 1. The maximum Gasteiger partial charge on any atom is 0.266 e. The lowest BCUT2D eigenvalue weighted by molar-refractivity contribution is -0.126. The normalized spacial score (nSPS) is 15.7. The summed E-state index contributed by atoms with van der Waals surface area (Å²) < 4.78 is 0.395. The Kier molecular flexibility index (Phi) is 5.31. The second-order valence-electron chi connectivity index (χ2n) is 5.59. The number of benzene rings is 2. The standard InChI is InChI=1S/C19H16N2O2S2/c1-13-7-9-15(10-8-13)20-17(22)12-21-18(23)16(25-19(21)24)11-14-5-3-2-4-6-14/h2-11H,12H2,1H3,(H,20,22)/b16-11-. The van der Waals surface area contributed by atoms with Gasteiger partial charge < -0.3 is 5.32 Å². The Labute approximate surface area is 155 Å². The van der Waals surface area contributed by atoms with Crippen molar-refractivity contribution in [1.29, 1.82) is 0 Å². The maximum atomic E-state index is 12.5. The van der Waals surface area contributed by atoms with Crippen LogP contribution in [-0.4, -0.2) is 27.6 Å². The van der Waals surface area contributed by atoms with E-state index in [1.165, 1.54) is 16.7 Å². The van der Waals surface area contributed by atoms with Crippen molar-refractivity contribution in [3.05, 3.63) is 70.6 Å². The molecule has 0 spiro atoms. The molecule has 1 fully saturated rings. The lowest BCUT2D eigenvalue weighted by atomic mass is 10.2. The molecule has 25 heavy (non-hydrogen) atoms. The summed E-state index contributed by atoms with van der Waals surface area (Å²) in [6, 6.07) is 17.0.